The van der Waals surface area contributed by atoms with Gasteiger partial charge < -0.3 is 4.90 Å². The van der Waals surface area contributed by atoms with E-state index in [1.165, 1.54) is 0 Å². The van der Waals surface area contributed by atoms with Crippen LogP contribution in [-0.4, -0.2) is 47.9 Å². The first-order valence-corrected chi connectivity index (χ1v) is 8.09. The number of aromatic amines is 1. The zero-order valence-corrected chi connectivity index (χ0v) is 13.0. The minimum absolute atomic E-state index is 0.417. The smallest absolute Gasteiger partial charge is 0.160 e. The van der Waals surface area contributed by atoms with Gasteiger partial charge in [0.2, 0.25) is 0 Å². The van der Waals surface area contributed by atoms with Crippen LogP contribution in [0.25, 0.3) is 16.7 Å². The van der Waals surface area contributed by atoms with Crippen molar-refractivity contribution in [2.75, 3.05) is 18.0 Å². The molecule has 1 N–H and O–H groups in total. The molecule has 0 atom stereocenters. The average Bonchev–Trinajstić information content (AvgIpc) is 3.28. The van der Waals surface area contributed by atoms with Crippen LogP contribution >= 0.6 is 0 Å². The Bertz CT molecular complexity index is 995. The molecule has 0 aliphatic carbocycles. The Hall–Kier alpha value is -3.03. The largest absolute Gasteiger partial charge is 0.356 e. The molecule has 1 fully saturated rings. The molecular formula is C16H16N8. The lowest BCUT2D eigenvalue weighted by molar-refractivity contribution is 0.481. The molecule has 8 heteroatoms. The highest BCUT2D eigenvalue weighted by atomic mass is 15.3. The van der Waals surface area contributed by atoms with Crippen molar-refractivity contribution in [3.63, 3.8) is 0 Å². The number of nitrogens with one attached hydrogen (secondary N) is 1. The summed E-state index contributed by atoms with van der Waals surface area (Å²) in [5.74, 6) is 2.43. The Morgan fingerprint density at radius 1 is 1.08 bits per heavy atom. The molecule has 4 aromatic rings. The van der Waals surface area contributed by atoms with Gasteiger partial charge in [0.15, 0.2) is 11.3 Å². The fourth-order valence-corrected chi connectivity index (χ4v) is 3.49. The molecule has 0 unspecified atom stereocenters. The lowest BCUT2D eigenvalue weighted by atomic mass is 9.96. The van der Waals surface area contributed by atoms with Gasteiger partial charge >= 0.3 is 0 Å². The molecule has 120 valence electrons. The lowest BCUT2D eigenvalue weighted by Gasteiger charge is -2.32. The van der Waals surface area contributed by atoms with Gasteiger partial charge in [-0.1, -0.05) is 6.07 Å². The van der Waals surface area contributed by atoms with Gasteiger partial charge in [-0.3, -0.25) is 9.50 Å². The standard InChI is InChI=1S/C16H16N8/c1-2-6-24-13(3-1)20-22-15(24)11-4-7-23(8-5-11)16-12-9-19-21-14(12)17-10-18-16/h1-3,6,9-11H,4-5,7-8H2,(H,17,18,19,21). The van der Waals surface area contributed by atoms with Crippen molar-refractivity contribution in [1.29, 1.82) is 0 Å². The molecule has 1 saturated heterocycles. The van der Waals surface area contributed by atoms with Crippen LogP contribution in [0.2, 0.25) is 0 Å². The first-order chi connectivity index (χ1) is 11.9. The summed E-state index contributed by atoms with van der Waals surface area (Å²) >= 11 is 0. The highest BCUT2D eigenvalue weighted by Crippen LogP contribution is 2.31. The Morgan fingerprint density at radius 3 is 2.92 bits per heavy atom. The molecule has 0 saturated carbocycles. The number of H-pyrrole nitrogens is 1. The van der Waals surface area contributed by atoms with Crippen LogP contribution in [0, 0.1) is 0 Å². The van der Waals surface area contributed by atoms with Crippen LogP contribution in [0.5, 0.6) is 0 Å². The third-order valence-corrected chi connectivity index (χ3v) is 4.73. The first kappa shape index (κ1) is 13.4. The predicted molar refractivity (Wildman–Crippen MR) is 88.9 cm³/mol. The molecule has 0 amide bonds. The van der Waals surface area contributed by atoms with E-state index < -0.39 is 0 Å². The molecule has 0 radical (unpaired) electrons. The maximum atomic E-state index is 4.46. The van der Waals surface area contributed by atoms with E-state index in [4.69, 9.17) is 0 Å². The van der Waals surface area contributed by atoms with Gasteiger partial charge in [0.25, 0.3) is 0 Å². The van der Waals surface area contributed by atoms with E-state index >= 15 is 0 Å². The topological polar surface area (TPSA) is 87.9 Å². The van der Waals surface area contributed by atoms with Crippen molar-refractivity contribution in [1.82, 2.24) is 34.8 Å². The maximum Gasteiger partial charge on any atom is 0.160 e. The highest BCUT2D eigenvalue weighted by molar-refractivity contribution is 5.86. The fraction of sp³-hybridized carbons (Fsp3) is 0.312. The third kappa shape index (κ3) is 2.03. The van der Waals surface area contributed by atoms with E-state index in [2.05, 4.69) is 39.7 Å². The molecule has 5 heterocycles. The number of rotatable bonds is 2. The number of nitrogens with zero attached hydrogens (tertiary/aromatic N) is 7. The molecule has 0 spiro atoms. The summed E-state index contributed by atoms with van der Waals surface area (Å²) in [7, 11) is 0. The minimum atomic E-state index is 0.417. The molecular weight excluding hydrogens is 304 g/mol. The van der Waals surface area contributed by atoms with Gasteiger partial charge in [0.05, 0.1) is 11.6 Å². The molecule has 8 nitrogen and oxygen atoms in total. The first-order valence-electron chi connectivity index (χ1n) is 8.09. The van der Waals surface area contributed by atoms with Crippen molar-refractivity contribution in [3.8, 4) is 0 Å². The zero-order chi connectivity index (χ0) is 15.9. The number of aromatic nitrogens is 7. The van der Waals surface area contributed by atoms with Crippen molar-refractivity contribution in [3.05, 3.63) is 42.7 Å². The van der Waals surface area contributed by atoms with Gasteiger partial charge in [-0.2, -0.15) is 5.10 Å². The van der Waals surface area contributed by atoms with Crippen molar-refractivity contribution in [2.24, 2.45) is 0 Å². The molecule has 5 rings (SSSR count). The Balaban J connectivity index is 1.40. The van der Waals surface area contributed by atoms with E-state index in [0.29, 0.717) is 5.92 Å². The number of anilines is 1. The average molecular weight is 320 g/mol. The molecule has 0 aromatic carbocycles. The van der Waals surface area contributed by atoms with Gasteiger partial charge in [0, 0.05) is 25.2 Å². The number of pyridine rings is 1. The van der Waals surface area contributed by atoms with Crippen LogP contribution in [0.4, 0.5) is 5.82 Å². The summed E-state index contributed by atoms with van der Waals surface area (Å²) in [5, 5.41) is 16.6. The van der Waals surface area contributed by atoms with Crippen molar-refractivity contribution in [2.45, 2.75) is 18.8 Å². The minimum Gasteiger partial charge on any atom is -0.356 e. The molecule has 4 aromatic heterocycles. The van der Waals surface area contributed by atoms with E-state index in [1.807, 2.05) is 24.4 Å². The summed E-state index contributed by atoms with van der Waals surface area (Å²) in [5.41, 5.74) is 1.69. The third-order valence-electron chi connectivity index (χ3n) is 4.73. The quantitative estimate of drug-likeness (QED) is 0.606. The Morgan fingerprint density at radius 2 is 2.00 bits per heavy atom. The van der Waals surface area contributed by atoms with E-state index in [9.17, 15) is 0 Å². The van der Waals surface area contributed by atoms with E-state index in [1.54, 1.807) is 12.5 Å². The van der Waals surface area contributed by atoms with E-state index in [0.717, 1.165) is 54.3 Å². The molecule has 0 bridgehead atoms. The molecule has 1 aliphatic heterocycles. The second kappa shape index (κ2) is 5.26. The molecule has 1 aliphatic rings. The normalized spacial score (nSPS) is 16.2. The second-order valence-corrected chi connectivity index (χ2v) is 6.08. The SMILES string of the molecule is c1ccn2c(C3CCN(c4ncnc5[nH]ncc45)CC3)nnc2c1. The maximum absolute atomic E-state index is 4.46. The van der Waals surface area contributed by atoms with Gasteiger partial charge in [0.1, 0.15) is 18.0 Å². The van der Waals surface area contributed by atoms with Crippen LogP contribution < -0.4 is 4.90 Å². The van der Waals surface area contributed by atoms with Crippen LogP contribution in [0.15, 0.2) is 36.9 Å². The summed E-state index contributed by atoms with van der Waals surface area (Å²) in [4.78, 5) is 11.0. The predicted octanol–water partition coefficient (Wildman–Crippen LogP) is 1.78. The number of fused-ring (bicyclic) bond motifs is 2. The Kier molecular flexibility index (Phi) is 2.94. The van der Waals surface area contributed by atoms with Gasteiger partial charge in [-0.25, -0.2) is 9.97 Å². The molecule has 24 heavy (non-hydrogen) atoms. The number of hydrogen-bond acceptors (Lipinski definition) is 6. The summed E-state index contributed by atoms with van der Waals surface area (Å²) in [6.45, 7) is 1.87. The van der Waals surface area contributed by atoms with Crippen molar-refractivity contribution < 1.29 is 0 Å². The zero-order valence-electron chi connectivity index (χ0n) is 13.0. The van der Waals surface area contributed by atoms with Crippen LogP contribution in [-0.2, 0) is 0 Å². The fourth-order valence-electron chi connectivity index (χ4n) is 3.49. The summed E-state index contributed by atoms with van der Waals surface area (Å²) in [6, 6.07) is 6.00. The van der Waals surface area contributed by atoms with Crippen LogP contribution in [0.3, 0.4) is 0 Å². The van der Waals surface area contributed by atoms with Crippen LogP contribution in [0.1, 0.15) is 24.6 Å². The number of piperidine rings is 1. The lowest BCUT2D eigenvalue weighted by Crippen LogP contribution is -2.34. The summed E-state index contributed by atoms with van der Waals surface area (Å²) in [6.07, 6.45) is 7.48. The van der Waals surface area contributed by atoms with E-state index in [-0.39, 0.29) is 0 Å². The van der Waals surface area contributed by atoms with Gasteiger partial charge in [-0.05, 0) is 25.0 Å². The van der Waals surface area contributed by atoms with Gasteiger partial charge in [-0.15, -0.1) is 10.2 Å². The summed E-state index contributed by atoms with van der Waals surface area (Å²) < 4.78 is 2.10. The second-order valence-electron chi connectivity index (χ2n) is 6.08. The number of hydrogen-bond donors (Lipinski definition) is 1. The van der Waals surface area contributed by atoms with Crippen molar-refractivity contribution >= 4 is 22.5 Å². The Labute approximate surface area is 137 Å². The monoisotopic (exact) mass is 320 g/mol. The highest BCUT2D eigenvalue weighted by Gasteiger charge is 2.26.